The normalized spacial score (nSPS) is 13.7. The highest BCUT2D eigenvalue weighted by Crippen LogP contribution is 2.30. The van der Waals surface area contributed by atoms with Gasteiger partial charge in [0.05, 0.1) is 28.5 Å². The van der Waals surface area contributed by atoms with Crippen molar-refractivity contribution in [1.82, 2.24) is 20.5 Å². The molecule has 0 atom stereocenters. The van der Waals surface area contributed by atoms with Crippen molar-refractivity contribution in [3.05, 3.63) is 78.3 Å². The molecule has 0 saturated carbocycles. The maximum absolute atomic E-state index is 4.69. The molecule has 1 aliphatic heterocycles. The number of rotatable bonds is 7. The summed E-state index contributed by atoms with van der Waals surface area (Å²) in [7, 11) is 0. The van der Waals surface area contributed by atoms with Crippen LogP contribution in [0, 0.1) is 0 Å². The zero-order chi connectivity index (χ0) is 21.8. The monoisotopic (exact) mass is 443 g/mol. The zero-order valence-corrected chi connectivity index (χ0v) is 18.5. The van der Waals surface area contributed by atoms with Crippen molar-refractivity contribution in [3.8, 4) is 11.3 Å². The Labute approximate surface area is 191 Å². The van der Waals surface area contributed by atoms with Crippen LogP contribution in [0.3, 0.4) is 0 Å². The number of H-pyrrole nitrogens is 1. The van der Waals surface area contributed by atoms with Crippen molar-refractivity contribution in [3.63, 3.8) is 0 Å². The van der Waals surface area contributed by atoms with E-state index >= 15 is 0 Å². The first-order valence-corrected chi connectivity index (χ1v) is 11.5. The first-order valence-electron chi connectivity index (χ1n) is 10.6. The van der Waals surface area contributed by atoms with Gasteiger partial charge in [0.2, 0.25) is 0 Å². The van der Waals surface area contributed by atoms with Crippen molar-refractivity contribution in [2.45, 2.75) is 0 Å². The highest BCUT2D eigenvalue weighted by molar-refractivity contribution is 7.13. The molecule has 2 aromatic heterocycles. The molecule has 8 heteroatoms. The van der Waals surface area contributed by atoms with Crippen molar-refractivity contribution in [1.29, 1.82) is 0 Å². The summed E-state index contributed by atoms with van der Waals surface area (Å²) in [4.78, 5) is 7.08. The average Bonchev–Trinajstić information content (AvgIpc) is 3.51. The van der Waals surface area contributed by atoms with Crippen LogP contribution < -0.4 is 20.9 Å². The summed E-state index contributed by atoms with van der Waals surface area (Å²) in [6.45, 7) is 8.20. The Bertz CT molecular complexity index is 1190. The van der Waals surface area contributed by atoms with Gasteiger partial charge < -0.3 is 20.9 Å². The summed E-state index contributed by atoms with van der Waals surface area (Å²) in [5.41, 5.74) is 5.86. The number of hydrogen-bond donors (Lipinski definition) is 4. The molecular formula is C24H25N7S. The van der Waals surface area contributed by atoms with Crippen molar-refractivity contribution >= 4 is 39.4 Å². The summed E-state index contributed by atoms with van der Waals surface area (Å²) in [5, 5.41) is 20.3. The fourth-order valence-electron chi connectivity index (χ4n) is 3.72. The van der Waals surface area contributed by atoms with E-state index in [4.69, 9.17) is 4.98 Å². The number of anilines is 4. The van der Waals surface area contributed by atoms with Crippen LogP contribution in [-0.2, 0) is 0 Å². The lowest BCUT2D eigenvalue weighted by Gasteiger charge is -2.31. The minimum Gasteiger partial charge on any atom is -0.367 e. The van der Waals surface area contributed by atoms with Gasteiger partial charge in [0.25, 0.3) is 0 Å². The topological polar surface area (TPSA) is 80.9 Å². The minimum absolute atomic E-state index is 0.729. The van der Waals surface area contributed by atoms with Crippen LogP contribution >= 0.6 is 11.3 Å². The fourth-order valence-corrected chi connectivity index (χ4v) is 4.45. The molecule has 3 heterocycles. The van der Waals surface area contributed by atoms with Gasteiger partial charge in [-0.1, -0.05) is 49.0 Å². The molecule has 0 radical (unpaired) electrons. The molecule has 32 heavy (non-hydrogen) atoms. The Morgan fingerprint density at radius 2 is 1.81 bits per heavy atom. The molecule has 4 N–H and O–H groups in total. The minimum atomic E-state index is 0.729. The lowest BCUT2D eigenvalue weighted by Crippen LogP contribution is -2.43. The first-order chi connectivity index (χ1) is 15.8. The smallest absolute Gasteiger partial charge is 0.188 e. The van der Waals surface area contributed by atoms with Crippen LogP contribution in [0.4, 0.5) is 22.3 Å². The molecule has 1 aliphatic rings. The summed E-state index contributed by atoms with van der Waals surface area (Å²) >= 11 is 1.52. The van der Waals surface area contributed by atoms with Gasteiger partial charge in [0.15, 0.2) is 10.9 Å². The van der Waals surface area contributed by atoms with Crippen LogP contribution in [0.15, 0.2) is 72.6 Å². The van der Waals surface area contributed by atoms with Gasteiger partial charge in [-0.3, -0.25) is 5.10 Å². The van der Waals surface area contributed by atoms with E-state index in [0.29, 0.717) is 0 Å². The van der Waals surface area contributed by atoms with E-state index in [-0.39, 0.29) is 0 Å². The average molecular weight is 444 g/mol. The SMILES string of the molecule is C=C(Nc1ccccc1N1CCNCC1)c1csc(Nc2cc(-c3ccccc3)[nH]n2)n1. The van der Waals surface area contributed by atoms with Gasteiger partial charge in [-0.05, 0) is 17.7 Å². The molecule has 4 aromatic rings. The first kappa shape index (κ1) is 20.3. The summed E-state index contributed by atoms with van der Waals surface area (Å²) in [5.74, 6) is 0.729. The molecule has 7 nitrogen and oxygen atoms in total. The third-order valence-corrected chi connectivity index (χ3v) is 6.12. The van der Waals surface area contributed by atoms with Gasteiger partial charge in [0, 0.05) is 37.6 Å². The van der Waals surface area contributed by atoms with E-state index in [1.807, 2.05) is 47.8 Å². The van der Waals surface area contributed by atoms with Crippen LogP contribution in [-0.4, -0.2) is 41.4 Å². The predicted molar refractivity (Wildman–Crippen MR) is 134 cm³/mol. The summed E-state index contributed by atoms with van der Waals surface area (Å²) < 4.78 is 0. The molecule has 0 aliphatic carbocycles. The Hall–Kier alpha value is -3.62. The predicted octanol–water partition coefficient (Wildman–Crippen LogP) is 4.77. The van der Waals surface area contributed by atoms with Crippen molar-refractivity contribution in [2.24, 2.45) is 0 Å². The lowest BCUT2D eigenvalue weighted by atomic mass is 10.2. The lowest BCUT2D eigenvalue weighted by molar-refractivity contribution is 0.589. The molecule has 1 saturated heterocycles. The number of hydrogen-bond acceptors (Lipinski definition) is 7. The number of thiazole rings is 1. The molecule has 0 unspecified atom stereocenters. The molecule has 0 bridgehead atoms. The third kappa shape index (κ3) is 4.51. The Morgan fingerprint density at radius 1 is 1.03 bits per heavy atom. The molecule has 1 fully saturated rings. The van der Waals surface area contributed by atoms with Gasteiger partial charge in [-0.15, -0.1) is 11.3 Å². The summed E-state index contributed by atoms with van der Waals surface area (Å²) in [6, 6.07) is 20.4. The number of para-hydroxylation sites is 2. The third-order valence-electron chi connectivity index (χ3n) is 5.36. The number of aromatic nitrogens is 3. The Balaban J connectivity index is 1.26. The van der Waals surface area contributed by atoms with Crippen molar-refractivity contribution in [2.75, 3.05) is 41.7 Å². The number of nitrogens with zero attached hydrogens (tertiary/aromatic N) is 3. The number of nitrogens with one attached hydrogen (secondary N) is 4. The highest BCUT2D eigenvalue weighted by Gasteiger charge is 2.15. The second-order valence-electron chi connectivity index (χ2n) is 7.55. The number of piperazine rings is 1. The molecule has 5 rings (SSSR count). The van der Waals surface area contributed by atoms with Gasteiger partial charge in [-0.2, -0.15) is 5.10 Å². The maximum atomic E-state index is 4.69. The standard InChI is InChI=1S/C24H25N7S/c1-17(26-19-9-5-6-10-22(19)31-13-11-25-12-14-31)21-16-32-24(27-21)28-23-15-20(29-30-23)18-7-3-2-4-8-18/h2-10,15-16,25-26H,1,11-14H2,(H2,27,28,29,30). The van der Waals surface area contributed by atoms with Gasteiger partial charge in [-0.25, -0.2) is 4.98 Å². The van der Waals surface area contributed by atoms with Crippen molar-refractivity contribution < 1.29 is 0 Å². The van der Waals surface area contributed by atoms with E-state index in [0.717, 1.165) is 65.5 Å². The quantitative estimate of drug-likeness (QED) is 0.329. The second-order valence-corrected chi connectivity index (χ2v) is 8.41. The van der Waals surface area contributed by atoms with E-state index in [1.165, 1.54) is 17.0 Å². The van der Waals surface area contributed by atoms with Gasteiger partial charge in [0.1, 0.15) is 0 Å². The molecule has 162 valence electrons. The molecule has 0 amide bonds. The summed E-state index contributed by atoms with van der Waals surface area (Å²) in [6.07, 6.45) is 0. The van der Waals surface area contributed by atoms with Crippen LogP contribution in [0.2, 0.25) is 0 Å². The second kappa shape index (κ2) is 9.25. The van der Waals surface area contributed by atoms with E-state index in [1.54, 1.807) is 0 Å². The Kier molecular flexibility index (Phi) is 5.87. The highest BCUT2D eigenvalue weighted by atomic mass is 32.1. The number of benzene rings is 2. The van der Waals surface area contributed by atoms with Crippen LogP contribution in [0.1, 0.15) is 5.69 Å². The van der Waals surface area contributed by atoms with Crippen LogP contribution in [0.25, 0.3) is 17.0 Å². The molecular weight excluding hydrogens is 418 g/mol. The maximum Gasteiger partial charge on any atom is 0.188 e. The molecule has 0 spiro atoms. The molecule has 2 aromatic carbocycles. The zero-order valence-electron chi connectivity index (χ0n) is 17.6. The fraction of sp³-hybridized carbons (Fsp3) is 0.167. The van der Waals surface area contributed by atoms with Gasteiger partial charge >= 0.3 is 0 Å². The van der Waals surface area contributed by atoms with E-state index in [9.17, 15) is 0 Å². The Morgan fingerprint density at radius 3 is 2.66 bits per heavy atom. The van der Waals surface area contributed by atoms with E-state index in [2.05, 4.69) is 55.8 Å². The van der Waals surface area contributed by atoms with Crippen LogP contribution in [0.5, 0.6) is 0 Å². The largest absolute Gasteiger partial charge is 0.367 e. The van der Waals surface area contributed by atoms with E-state index < -0.39 is 0 Å². The number of aromatic amines is 1.